The topological polar surface area (TPSA) is 111 Å². The zero-order chi connectivity index (χ0) is 24.0. The van der Waals surface area contributed by atoms with Crippen molar-refractivity contribution in [3.05, 3.63) is 54.6 Å². The first-order chi connectivity index (χ1) is 15.7. The summed E-state index contributed by atoms with van der Waals surface area (Å²) in [5, 5.41) is 8.62. The number of nitrogens with zero attached hydrogens (tertiary/aromatic N) is 2. The summed E-state index contributed by atoms with van der Waals surface area (Å²) >= 11 is 0. The van der Waals surface area contributed by atoms with E-state index in [9.17, 15) is 18.0 Å². The second kappa shape index (κ2) is 10.8. The van der Waals surface area contributed by atoms with Crippen molar-refractivity contribution in [2.24, 2.45) is 0 Å². The Morgan fingerprint density at radius 2 is 1.61 bits per heavy atom. The van der Waals surface area contributed by atoms with Gasteiger partial charge in [0, 0.05) is 44.6 Å². The lowest BCUT2D eigenvalue weighted by atomic mass is 10.0. The summed E-state index contributed by atoms with van der Waals surface area (Å²) in [5.74, 6) is -0.206. The number of anilines is 2. The number of nitrogens with one attached hydrogen (secondary N) is 3. The first-order valence-electron chi connectivity index (χ1n) is 10.9. The second-order valence-electron chi connectivity index (χ2n) is 8.26. The van der Waals surface area contributed by atoms with Crippen LogP contribution in [0.4, 0.5) is 16.2 Å². The molecule has 1 aliphatic heterocycles. The fraction of sp³-hybridized carbons (Fsp3) is 0.391. The molecule has 3 amide bonds. The highest BCUT2D eigenvalue weighted by Gasteiger charge is 2.27. The van der Waals surface area contributed by atoms with E-state index in [2.05, 4.69) is 20.9 Å². The maximum absolute atomic E-state index is 12.8. The van der Waals surface area contributed by atoms with E-state index >= 15 is 0 Å². The summed E-state index contributed by atoms with van der Waals surface area (Å²) in [6.07, 6.45) is 1.47. The van der Waals surface area contributed by atoms with Crippen LogP contribution in [-0.4, -0.2) is 68.8 Å². The Morgan fingerprint density at radius 3 is 2.24 bits per heavy atom. The van der Waals surface area contributed by atoms with Gasteiger partial charge in [0.15, 0.2) is 0 Å². The fourth-order valence-corrected chi connectivity index (χ4v) is 4.61. The molecule has 2 aromatic carbocycles. The van der Waals surface area contributed by atoms with Gasteiger partial charge in [-0.1, -0.05) is 24.3 Å². The van der Waals surface area contributed by atoms with Crippen LogP contribution in [0.1, 0.15) is 19.8 Å². The molecule has 3 N–H and O–H groups in total. The van der Waals surface area contributed by atoms with Gasteiger partial charge in [0.05, 0.1) is 10.9 Å². The summed E-state index contributed by atoms with van der Waals surface area (Å²) in [6, 6.07) is 14.9. The lowest BCUT2D eigenvalue weighted by Crippen LogP contribution is -2.51. The molecule has 33 heavy (non-hydrogen) atoms. The van der Waals surface area contributed by atoms with Crippen molar-refractivity contribution >= 4 is 33.3 Å². The van der Waals surface area contributed by atoms with Gasteiger partial charge < -0.3 is 16.0 Å². The Labute approximate surface area is 195 Å². The van der Waals surface area contributed by atoms with Gasteiger partial charge in [-0.2, -0.15) is 0 Å². The van der Waals surface area contributed by atoms with E-state index in [1.165, 1.54) is 26.2 Å². The quantitative estimate of drug-likeness (QED) is 0.572. The highest BCUT2D eigenvalue weighted by atomic mass is 32.2. The van der Waals surface area contributed by atoms with Crippen molar-refractivity contribution in [2.45, 2.75) is 36.7 Å². The van der Waals surface area contributed by atoms with E-state index in [-0.39, 0.29) is 22.9 Å². The normalized spacial score (nSPS) is 16.2. The highest BCUT2D eigenvalue weighted by molar-refractivity contribution is 7.89. The molecule has 9 nitrogen and oxygen atoms in total. The smallest absolute Gasteiger partial charge is 0.319 e. The monoisotopic (exact) mass is 473 g/mol. The van der Waals surface area contributed by atoms with Gasteiger partial charge in [0.1, 0.15) is 0 Å². The van der Waals surface area contributed by atoms with Gasteiger partial charge in [-0.15, -0.1) is 0 Å². The summed E-state index contributed by atoms with van der Waals surface area (Å²) in [5.41, 5.74) is 1.17. The van der Waals surface area contributed by atoms with E-state index < -0.39 is 16.1 Å². The van der Waals surface area contributed by atoms with E-state index in [1.807, 2.05) is 37.3 Å². The Bertz CT molecular complexity index is 1070. The first kappa shape index (κ1) is 24.7. The number of para-hydroxylation sites is 1. The molecule has 178 valence electrons. The molecule has 1 aliphatic rings. The number of rotatable bonds is 7. The first-order valence-corrected chi connectivity index (χ1v) is 12.3. The number of amides is 3. The molecular weight excluding hydrogens is 442 g/mol. The minimum Gasteiger partial charge on any atom is -0.335 e. The van der Waals surface area contributed by atoms with E-state index in [1.54, 1.807) is 12.1 Å². The SMILES string of the molecule is CC(C(=O)Nc1cccc(S(=O)(=O)N(C)C)c1)N1CCC(NC(=O)Nc2ccccc2)CC1. The third-order valence-electron chi connectivity index (χ3n) is 5.70. The molecular formula is C23H31N5O4S. The summed E-state index contributed by atoms with van der Waals surface area (Å²) in [6.45, 7) is 3.16. The van der Waals surface area contributed by atoms with Gasteiger partial charge in [-0.05, 0) is 50.1 Å². The van der Waals surface area contributed by atoms with Crippen molar-refractivity contribution in [3.8, 4) is 0 Å². The van der Waals surface area contributed by atoms with Gasteiger partial charge >= 0.3 is 6.03 Å². The molecule has 10 heteroatoms. The Kier molecular flexibility index (Phi) is 8.06. The van der Waals surface area contributed by atoms with E-state index in [0.29, 0.717) is 18.8 Å². The molecule has 0 radical (unpaired) electrons. The zero-order valence-corrected chi connectivity index (χ0v) is 19.9. The van der Waals surface area contributed by atoms with Crippen molar-refractivity contribution in [3.63, 3.8) is 0 Å². The number of benzene rings is 2. The number of carbonyl (C=O) groups excluding carboxylic acids is 2. The Balaban J connectivity index is 1.50. The molecule has 1 atom stereocenters. The minimum atomic E-state index is -3.58. The highest BCUT2D eigenvalue weighted by Crippen LogP contribution is 2.19. The van der Waals surface area contributed by atoms with Crippen molar-refractivity contribution in [2.75, 3.05) is 37.8 Å². The number of likely N-dealkylation sites (tertiary alicyclic amines) is 1. The molecule has 1 saturated heterocycles. The lowest BCUT2D eigenvalue weighted by Gasteiger charge is -2.35. The molecule has 1 heterocycles. The van der Waals surface area contributed by atoms with Crippen molar-refractivity contribution in [1.82, 2.24) is 14.5 Å². The van der Waals surface area contributed by atoms with Crippen LogP contribution in [0.3, 0.4) is 0 Å². The number of hydrogen-bond acceptors (Lipinski definition) is 5. The predicted molar refractivity (Wildman–Crippen MR) is 129 cm³/mol. The molecule has 0 saturated carbocycles. The molecule has 0 bridgehead atoms. The number of hydrogen-bond donors (Lipinski definition) is 3. The predicted octanol–water partition coefficient (Wildman–Crippen LogP) is 2.55. The Hall–Kier alpha value is -2.95. The number of urea groups is 1. The average molecular weight is 474 g/mol. The van der Waals surface area contributed by atoms with Gasteiger partial charge in [-0.3, -0.25) is 9.69 Å². The van der Waals surface area contributed by atoms with Gasteiger partial charge in [0.2, 0.25) is 15.9 Å². The molecule has 3 rings (SSSR count). The molecule has 1 fully saturated rings. The molecule has 1 unspecified atom stereocenters. The van der Waals surface area contributed by atoms with Crippen LogP contribution in [0.25, 0.3) is 0 Å². The number of sulfonamides is 1. The maximum Gasteiger partial charge on any atom is 0.319 e. The summed E-state index contributed by atoms with van der Waals surface area (Å²) in [4.78, 5) is 27.2. The summed E-state index contributed by atoms with van der Waals surface area (Å²) in [7, 11) is -0.651. The van der Waals surface area contributed by atoms with Crippen LogP contribution in [0.2, 0.25) is 0 Å². The summed E-state index contributed by atoms with van der Waals surface area (Å²) < 4.78 is 25.8. The minimum absolute atomic E-state index is 0.0353. The van der Waals surface area contributed by atoms with Gasteiger partial charge in [0.25, 0.3) is 0 Å². The van der Waals surface area contributed by atoms with Crippen LogP contribution >= 0.6 is 0 Å². The van der Waals surface area contributed by atoms with Crippen LogP contribution in [-0.2, 0) is 14.8 Å². The number of carbonyl (C=O) groups is 2. The Morgan fingerprint density at radius 1 is 0.970 bits per heavy atom. The maximum atomic E-state index is 12.8. The molecule has 0 spiro atoms. The third kappa shape index (κ3) is 6.53. The molecule has 2 aromatic rings. The number of piperidine rings is 1. The van der Waals surface area contributed by atoms with Crippen molar-refractivity contribution < 1.29 is 18.0 Å². The lowest BCUT2D eigenvalue weighted by molar-refractivity contribution is -0.121. The van der Waals surface area contributed by atoms with E-state index in [0.717, 1.165) is 22.8 Å². The van der Waals surface area contributed by atoms with Crippen LogP contribution < -0.4 is 16.0 Å². The average Bonchev–Trinajstić information content (AvgIpc) is 2.79. The zero-order valence-electron chi connectivity index (χ0n) is 19.1. The largest absolute Gasteiger partial charge is 0.335 e. The van der Waals surface area contributed by atoms with Crippen molar-refractivity contribution in [1.29, 1.82) is 0 Å². The standard InChI is InChI=1S/C23H31N5O4S/c1-17(22(29)24-20-10-7-11-21(16-20)33(31,32)27(2)3)28-14-12-19(13-15-28)26-23(30)25-18-8-5-4-6-9-18/h4-11,16-17,19H,12-15H2,1-3H3,(H,24,29)(H2,25,26,30). The second-order valence-corrected chi connectivity index (χ2v) is 10.4. The van der Waals surface area contributed by atoms with Gasteiger partial charge in [-0.25, -0.2) is 17.5 Å². The third-order valence-corrected chi connectivity index (χ3v) is 7.51. The van der Waals surface area contributed by atoms with E-state index in [4.69, 9.17) is 0 Å². The molecule has 0 aromatic heterocycles. The fourth-order valence-electron chi connectivity index (χ4n) is 3.66. The van der Waals surface area contributed by atoms with Crippen LogP contribution in [0.5, 0.6) is 0 Å². The van der Waals surface area contributed by atoms with Crippen LogP contribution in [0.15, 0.2) is 59.5 Å². The van der Waals surface area contributed by atoms with Crippen LogP contribution in [0, 0.1) is 0 Å². The molecule has 0 aliphatic carbocycles.